The lowest BCUT2D eigenvalue weighted by Gasteiger charge is -2.07. The van der Waals surface area contributed by atoms with Crippen LogP contribution >= 0.6 is 11.8 Å². The molecule has 0 radical (unpaired) electrons. The van der Waals surface area contributed by atoms with E-state index < -0.39 is 0 Å². The van der Waals surface area contributed by atoms with E-state index in [1.165, 1.54) is 17.3 Å². The Morgan fingerprint density at radius 3 is 2.56 bits per heavy atom. The number of nitriles is 1. The Bertz CT molecular complexity index is 1510. The van der Waals surface area contributed by atoms with Gasteiger partial charge in [-0.1, -0.05) is 54.1 Å². The van der Waals surface area contributed by atoms with Gasteiger partial charge in [-0.2, -0.15) is 5.26 Å². The van der Waals surface area contributed by atoms with Gasteiger partial charge in [0.2, 0.25) is 0 Å². The minimum atomic E-state index is -0.0671. The third kappa shape index (κ3) is 4.14. The van der Waals surface area contributed by atoms with Crippen molar-refractivity contribution >= 4 is 45.5 Å². The van der Waals surface area contributed by atoms with Crippen molar-refractivity contribution in [2.45, 2.75) is 13.5 Å². The molecule has 2 heterocycles. The van der Waals surface area contributed by atoms with Gasteiger partial charge in [-0.25, -0.2) is 4.99 Å². The van der Waals surface area contributed by atoms with Gasteiger partial charge < -0.3 is 4.57 Å². The molecule has 6 heteroatoms. The van der Waals surface area contributed by atoms with Crippen LogP contribution in [-0.4, -0.2) is 27.6 Å². The average molecular weight is 463 g/mol. The summed E-state index contributed by atoms with van der Waals surface area (Å²) in [5, 5.41) is 11.2. The van der Waals surface area contributed by atoms with Crippen molar-refractivity contribution in [3.05, 3.63) is 106 Å². The molecule has 3 aromatic carbocycles. The molecule has 0 saturated carbocycles. The normalized spacial score (nSPS) is 16.0. The Morgan fingerprint density at radius 2 is 1.76 bits per heavy atom. The molecule has 0 atom stereocenters. The van der Waals surface area contributed by atoms with Gasteiger partial charge in [0.15, 0.2) is 5.17 Å². The van der Waals surface area contributed by atoms with Crippen LogP contribution in [0, 0.1) is 18.3 Å². The molecule has 1 fully saturated rings. The fourth-order valence-electron chi connectivity index (χ4n) is 3.99. The topological polar surface area (TPSA) is 61.4 Å². The number of para-hydroxylation sites is 1. The van der Waals surface area contributed by atoms with Crippen molar-refractivity contribution in [1.82, 2.24) is 9.47 Å². The number of aliphatic imine (C=N–C) groups is 1. The number of aryl methyl sites for hydroxylation is 1. The first-order valence-corrected chi connectivity index (χ1v) is 11.7. The summed E-state index contributed by atoms with van der Waals surface area (Å²) >= 11 is 1.38. The third-order valence-corrected chi connectivity index (χ3v) is 6.91. The largest absolute Gasteiger partial charge is 0.342 e. The van der Waals surface area contributed by atoms with Gasteiger partial charge in [-0.15, -0.1) is 0 Å². The molecule has 1 aliphatic heterocycles. The second-order valence-corrected chi connectivity index (χ2v) is 9.21. The second-order valence-electron chi connectivity index (χ2n) is 8.20. The van der Waals surface area contributed by atoms with Gasteiger partial charge in [0.25, 0.3) is 5.91 Å². The second kappa shape index (κ2) is 9.05. The van der Waals surface area contributed by atoms with E-state index in [4.69, 9.17) is 0 Å². The number of nitrogens with zero attached hydrogens (tertiary/aromatic N) is 4. The maximum Gasteiger partial charge on any atom is 0.266 e. The molecule has 0 bridgehead atoms. The Hall–Kier alpha value is -4.08. The number of aromatic nitrogens is 1. The molecule has 1 saturated heterocycles. The zero-order valence-corrected chi connectivity index (χ0v) is 19.7. The van der Waals surface area contributed by atoms with Crippen molar-refractivity contribution < 1.29 is 4.79 Å². The van der Waals surface area contributed by atoms with Gasteiger partial charge >= 0.3 is 0 Å². The lowest BCUT2D eigenvalue weighted by molar-refractivity contribution is -0.121. The summed E-state index contributed by atoms with van der Waals surface area (Å²) in [5.41, 5.74) is 5.64. The van der Waals surface area contributed by atoms with Crippen molar-refractivity contribution in [3.8, 4) is 6.07 Å². The number of rotatable bonds is 4. The van der Waals surface area contributed by atoms with Crippen LogP contribution in [-0.2, 0) is 11.3 Å². The lowest BCUT2D eigenvalue weighted by atomic mass is 10.1. The standard InChI is InChI=1S/C28H22N4OS/c1-19-11-13-23(14-12-19)30-28-31(2)27(33)26(34-28)15-22-18-32(25-10-6-5-9-24(22)25)17-21-8-4-3-7-20(21)16-29/h3-15,18H,17H2,1-2H3/b26-15+,30-28?. The highest BCUT2D eigenvalue weighted by Gasteiger charge is 2.30. The van der Waals surface area contributed by atoms with Gasteiger partial charge in [-0.05, 0) is 54.6 Å². The quantitative estimate of drug-likeness (QED) is 0.344. The predicted molar refractivity (Wildman–Crippen MR) is 139 cm³/mol. The molecule has 1 aromatic heterocycles. The summed E-state index contributed by atoms with van der Waals surface area (Å²) in [6.07, 6.45) is 3.99. The van der Waals surface area contributed by atoms with E-state index in [-0.39, 0.29) is 5.91 Å². The summed E-state index contributed by atoms with van der Waals surface area (Å²) < 4.78 is 2.13. The third-order valence-electron chi connectivity index (χ3n) is 5.85. The van der Waals surface area contributed by atoms with Gasteiger partial charge in [0.05, 0.1) is 22.2 Å². The van der Waals surface area contributed by atoms with Crippen LogP contribution in [0.5, 0.6) is 0 Å². The lowest BCUT2D eigenvalue weighted by Crippen LogP contribution is -2.23. The summed E-state index contributed by atoms with van der Waals surface area (Å²) in [5.74, 6) is -0.0671. The maximum atomic E-state index is 13.0. The highest BCUT2D eigenvalue weighted by molar-refractivity contribution is 8.18. The number of amidine groups is 1. The number of amides is 1. The van der Waals surface area contributed by atoms with Crippen LogP contribution < -0.4 is 0 Å². The number of fused-ring (bicyclic) bond motifs is 1. The molecule has 0 unspecified atom stereocenters. The van der Waals surface area contributed by atoms with E-state index in [1.807, 2.05) is 73.7 Å². The Balaban J connectivity index is 1.51. The summed E-state index contributed by atoms with van der Waals surface area (Å²) in [7, 11) is 1.76. The molecule has 5 rings (SSSR count). The number of likely N-dealkylation sites (N-methyl/N-ethyl adjacent to an activating group) is 1. The monoisotopic (exact) mass is 462 g/mol. The summed E-state index contributed by atoms with van der Waals surface area (Å²) in [6.45, 7) is 2.61. The van der Waals surface area contributed by atoms with E-state index in [0.29, 0.717) is 22.2 Å². The zero-order chi connectivity index (χ0) is 23.7. The Morgan fingerprint density at radius 1 is 1.03 bits per heavy atom. The predicted octanol–water partition coefficient (Wildman–Crippen LogP) is 6.10. The van der Waals surface area contributed by atoms with E-state index in [0.717, 1.165) is 27.7 Å². The molecule has 0 spiro atoms. The molecule has 1 amide bonds. The van der Waals surface area contributed by atoms with Crippen LogP contribution in [0.2, 0.25) is 0 Å². The Labute approximate surface area is 202 Å². The van der Waals surface area contributed by atoms with Crippen molar-refractivity contribution in [2.24, 2.45) is 4.99 Å². The fourth-order valence-corrected chi connectivity index (χ4v) is 4.97. The highest BCUT2D eigenvalue weighted by Crippen LogP contribution is 2.35. The molecular weight excluding hydrogens is 440 g/mol. The minimum Gasteiger partial charge on any atom is -0.342 e. The number of carbonyl (C=O) groups is 1. The van der Waals surface area contributed by atoms with E-state index >= 15 is 0 Å². The van der Waals surface area contributed by atoms with Gasteiger partial charge in [0, 0.05) is 36.3 Å². The van der Waals surface area contributed by atoms with Crippen LogP contribution in [0.3, 0.4) is 0 Å². The highest BCUT2D eigenvalue weighted by atomic mass is 32.2. The number of thioether (sulfide) groups is 1. The molecule has 5 nitrogen and oxygen atoms in total. The number of hydrogen-bond donors (Lipinski definition) is 0. The van der Waals surface area contributed by atoms with Gasteiger partial charge in [-0.3, -0.25) is 9.69 Å². The number of hydrogen-bond acceptors (Lipinski definition) is 4. The SMILES string of the molecule is Cc1ccc(N=C2S/C(=C/c3cn(Cc4ccccc4C#N)c4ccccc34)C(=O)N2C)cc1. The van der Waals surface area contributed by atoms with Crippen molar-refractivity contribution in [1.29, 1.82) is 5.26 Å². The molecular formula is C28H22N4OS. The van der Waals surface area contributed by atoms with E-state index in [9.17, 15) is 10.1 Å². The molecule has 4 aromatic rings. The summed E-state index contributed by atoms with van der Waals surface area (Å²) in [6, 6.07) is 26.0. The van der Waals surface area contributed by atoms with E-state index in [2.05, 4.69) is 34.0 Å². The first kappa shape index (κ1) is 21.7. The molecule has 1 aliphatic rings. The van der Waals surface area contributed by atoms with Crippen molar-refractivity contribution in [2.75, 3.05) is 7.05 Å². The van der Waals surface area contributed by atoms with Crippen LogP contribution in [0.15, 0.2) is 88.9 Å². The molecule has 34 heavy (non-hydrogen) atoms. The van der Waals surface area contributed by atoms with Crippen LogP contribution in [0.25, 0.3) is 17.0 Å². The number of carbonyl (C=O) groups excluding carboxylic acids is 1. The number of benzene rings is 3. The first-order valence-electron chi connectivity index (χ1n) is 10.9. The zero-order valence-electron chi connectivity index (χ0n) is 18.9. The Kier molecular flexibility index (Phi) is 5.79. The van der Waals surface area contributed by atoms with Crippen molar-refractivity contribution in [3.63, 3.8) is 0 Å². The summed E-state index contributed by atoms with van der Waals surface area (Å²) in [4.78, 5) is 19.9. The van der Waals surface area contributed by atoms with Crippen LogP contribution in [0.4, 0.5) is 5.69 Å². The minimum absolute atomic E-state index is 0.0671. The van der Waals surface area contributed by atoms with Gasteiger partial charge in [0.1, 0.15) is 0 Å². The fraction of sp³-hybridized carbons (Fsp3) is 0.107. The average Bonchev–Trinajstić information content (AvgIpc) is 3.33. The first-order chi connectivity index (χ1) is 16.5. The molecule has 0 N–H and O–H groups in total. The maximum absolute atomic E-state index is 13.0. The molecule has 0 aliphatic carbocycles. The van der Waals surface area contributed by atoms with Crippen LogP contribution in [0.1, 0.15) is 22.3 Å². The molecule has 166 valence electrons. The van der Waals surface area contributed by atoms with E-state index in [1.54, 1.807) is 11.9 Å². The smallest absolute Gasteiger partial charge is 0.266 e.